The summed E-state index contributed by atoms with van der Waals surface area (Å²) in [5, 5.41) is 0. The number of carbonyl (C=O) groups is 2. The van der Waals surface area contributed by atoms with Gasteiger partial charge in [0, 0.05) is 43.1 Å². The number of benzene rings is 1. The SMILES string of the molecule is O=C1CCc2c(F)cc(N3CC[C@@H](Oc4ccc(OC5CCOC5)nc4)C3=O)cc21. The molecule has 2 aromatic rings. The van der Waals surface area contributed by atoms with Gasteiger partial charge in [0.15, 0.2) is 11.9 Å². The van der Waals surface area contributed by atoms with Crippen LogP contribution in [0, 0.1) is 5.82 Å². The summed E-state index contributed by atoms with van der Waals surface area (Å²) in [6, 6.07) is 6.36. The van der Waals surface area contributed by atoms with Crippen LogP contribution in [0.15, 0.2) is 30.5 Å². The molecular formula is C22H21FN2O5. The van der Waals surface area contributed by atoms with E-state index in [4.69, 9.17) is 14.2 Å². The summed E-state index contributed by atoms with van der Waals surface area (Å²) >= 11 is 0. The number of amides is 1. The quantitative estimate of drug-likeness (QED) is 0.752. The third-order valence-corrected chi connectivity index (χ3v) is 5.71. The van der Waals surface area contributed by atoms with Crippen LogP contribution in [0.4, 0.5) is 10.1 Å². The highest BCUT2D eigenvalue weighted by molar-refractivity contribution is 6.04. The zero-order valence-electron chi connectivity index (χ0n) is 16.3. The maximum atomic E-state index is 14.4. The van der Waals surface area contributed by atoms with E-state index in [1.807, 2.05) is 0 Å². The van der Waals surface area contributed by atoms with Gasteiger partial charge in [-0.3, -0.25) is 9.59 Å². The summed E-state index contributed by atoms with van der Waals surface area (Å²) in [7, 11) is 0. The van der Waals surface area contributed by atoms with E-state index in [9.17, 15) is 14.0 Å². The van der Waals surface area contributed by atoms with E-state index < -0.39 is 11.9 Å². The number of halogens is 1. The van der Waals surface area contributed by atoms with E-state index in [0.717, 1.165) is 6.42 Å². The minimum atomic E-state index is -0.686. The van der Waals surface area contributed by atoms with E-state index in [1.165, 1.54) is 17.2 Å². The Morgan fingerprint density at radius 3 is 2.80 bits per heavy atom. The van der Waals surface area contributed by atoms with Crippen molar-refractivity contribution in [3.8, 4) is 11.6 Å². The lowest BCUT2D eigenvalue weighted by atomic mass is 10.1. The van der Waals surface area contributed by atoms with Crippen molar-refractivity contribution in [1.82, 2.24) is 4.98 Å². The summed E-state index contributed by atoms with van der Waals surface area (Å²) in [6.45, 7) is 1.64. The summed E-state index contributed by atoms with van der Waals surface area (Å²) < 4.78 is 31.2. The third-order valence-electron chi connectivity index (χ3n) is 5.71. The summed E-state index contributed by atoms with van der Waals surface area (Å²) in [5.41, 5.74) is 1.23. The Hall–Kier alpha value is -3.00. The van der Waals surface area contributed by atoms with Gasteiger partial charge in [-0.05, 0) is 30.2 Å². The second-order valence-corrected chi connectivity index (χ2v) is 7.70. The molecule has 0 N–H and O–H groups in total. The van der Waals surface area contributed by atoms with Crippen LogP contribution in [0.3, 0.4) is 0 Å². The number of nitrogens with zero attached hydrogens (tertiary/aromatic N) is 2. The van der Waals surface area contributed by atoms with Gasteiger partial charge in [-0.1, -0.05) is 0 Å². The monoisotopic (exact) mass is 412 g/mol. The molecule has 1 aromatic heterocycles. The van der Waals surface area contributed by atoms with E-state index in [2.05, 4.69) is 4.98 Å². The highest BCUT2D eigenvalue weighted by atomic mass is 19.1. The minimum absolute atomic E-state index is 0.00818. The number of carbonyl (C=O) groups excluding carboxylic acids is 2. The molecule has 3 aliphatic rings. The fraction of sp³-hybridized carbons (Fsp3) is 0.409. The number of ether oxygens (including phenoxy) is 3. The van der Waals surface area contributed by atoms with Gasteiger partial charge in [0.05, 0.1) is 19.4 Å². The smallest absolute Gasteiger partial charge is 0.268 e. The van der Waals surface area contributed by atoms with Crippen molar-refractivity contribution >= 4 is 17.4 Å². The molecular weight excluding hydrogens is 391 g/mol. The van der Waals surface area contributed by atoms with Gasteiger partial charge in [-0.25, -0.2) is 9.37 Å². The number of ketones is 1. The molecule has 3 heterocycles. The highest BCUT2D eigenvalue weighted by Crippen LogP contribution is 2.32. The normalized spacial score (nSPS) is 23.2. The summed E-state index contributed by atoms with van der Waals surface area (Å²) in [5.74, 6) is 0.167. The number of Topliss-reactive ketones (excluding diaryl/α,β-unsaturated/α-hetero) is 1. The Morgan fingerprint density at radius 2 is 2.03 bits per heavy atom. The van der Waals surface area contributed by atoms with Crippen LogP contribution in [0.5, 0.6) is 11.6 Å². The Morgan fingerprint density at radius 1 is 1.13 bits per heavy atom. The second-order valence-electron chi connectivity index (χ2n) is 7.70. The number of rotatable bonds is 5. The summed E-state index contributed by atoms with van der Waals surface area (Å²) in [4.78, 5) is 30.5. The van der Waals surface area contributed by atoms with Gasteiger partial charge in [-0.15, -0.1) is 0 Å². The Bertz CT molecular complexity index is 988. The number of aromatic nitrogens is 1. The van der Waals surface area contributed by atoms with Crippen molar-refractivity contribution in [1.29, 1.82) is 0 Å². The third kappa shape index (κ3) is 3.52. The van der Waals surface area contributed by atoms with Crippen LogP contribution < -0.4 is 14.4 Å². The van der Waals surface area contributed by atoms with Crippen LogP contribution in [0.1, 0.15) is 35.2 Å². The van der Waals surface area contributed by atoms with Gasteiger partial charge < -0.3 is 19.1 Å². The number of hydrogen-bond donors (Lipinski definition) is 0. The average molecular weight is 412 g/mol. The van der Waals surface area contributed by atoms with E-state index in [1.54, 1.807) is 18.2 Å². The number of hydrogen-bond acceptors (Lipinski definition) is 6. The van der Waals surface area contributed by atoms with Gasteiger partial charge >= 0.3 is 0 Å². The lowest BCUT2D eigenvalue weighted by molar-refractivity contribution is -0.122. The first-order valence-electron chi connectivity index (χ1n) is 10.1. The molecule has 1 unspecified atom stereocenters. The van der Waals surface area contributed by atoms with Crippen molar-refractivity contribution < 1.29 is 28.2 Å². The molecule has 156 valence electrons. The number of fused-ring (bicyclic) bond motifs is 1. The first-order valence-corrected chi connectivity index (χ1v) is 10.1. The average Bonchev–Trinajstić information content (AvgIpc) is 3.46. The van der Waals surface area contributed by atoms with E-state index in [-0.39, 0.29) is 17.8 Å². The number of pyridine rings is 1. The topological polar surface area (TPSA) is 78.0 Å². The largest absolute Gasteiger partial charge is 0.479 e. The predicted octanol–water partition coefficient (Wildman–Crippen LogP) is 2.70. The van der Waals surface area contributed by atoms with Crippen LogP contribution in [0.2, 0.25) is 0 Å². The molecule has 1 aromatic carbocycles. The second kappa shape index (κ2) is 7.68. The molecule has 2 atom stereocenters. The molecule has 0 radical (unpaired) electrons. The van der Waals surface area contributed by atoms with Crippen molar-refractivity contribution in [2.24, 2.45) is 0 Å². The van der Waals surface area contributed by atoms with Crippen molar-refractivity contribution in [3.63, 3.8) is 0 Å². The molecule has 8 heteroatoms. The fourth-order valence-corrected chi connectivity index (χ4v) is 4.12. The Labute approximate surface area is 172 Å². The van der Waals surface area contributed by atoms with Gasteiger partial charge in [-0.2, -0.15) is 0 Å². The van der Waals surface area contributed by atoms with Crippen molar-refractivity contribution in [2.45, 2.75) is 37.9 Å². The molecule has 2 saturated heterocycles. The zero-order valence-corrected chi connectivity index (χ0v) is 16.3. The molecule has 2 fully saturated rings. The highest BCUT2D eigenvalue weighted by Gasteiger charge is 2.36. The van der Waals surface area contributed by atoms with Gasteiger partial charge in [0.2, 0.25) is 5.88 Å². The molecule has 0 saturated carbocycles. The van der Waals surface area contributed by atoms with E-state index in [0.29, 0.717) is 67.5 Å². The van der Waals surface area contributed by atoms with Crippen molar-refractivity contribution in [3.05, 3.63) is 47.4 Å². The van der Waals surface area contributed by atoms with Crippen molar-refractivity contribution in [2.75, 3.05) is 24.7 Å². The standard InChI is InChI=1S/C22H21FN2O5/c23-18-10-13(9-17-16(18)2-3-19(17)26)25-7-5-20(22(25)27)29-14-1-4-21(24-11-14)30-15-6-8-28-12-15/h1,4,9-11,15,20H,2-3,5-8,12H2/t15?,20-/m1/s1. The molecule has 5 rings (SSSR count). The van der Waals surface area contributed by atoms with Crippen LogP contribution >= 0.6 is 0 Å². The molecule has 1 aliphatic carbocycles. The van der Waals surface area contributed by atoms with Gasteiger partial charge in [0.25, 0.3) is 5.91 Å². The molecule has 7 nitrogen and oxygen atoms in total. The first kappa shape index (κ1) is 19.0. The Balaban J connectivity index is 1.26. The molecule has 1 amide bonds. The molecule has 0 bridgehead atoms. The first-order chi connectivity index (χ1) is 14.6. The fourth-order valence-electron chi connectivity index (χ4n) is 4.12. The lowest BCUT2D eigenvalue weighted by Gasteiger charge is -2.18. The van der Waals surface area contributed by atoms with E-state index >= 15 is 0 Å². The molecule has 2 aliphatic heterocycles. The molecule has 30 heavy (non-hydrogen) atoms. The van der Waals surface area contributed by atoms with Crippen LogP contribution in [-0.4, -0.2) is 48.6 Å². The summed E-state index contributed by atoms with van der Waals surface area (Å²) in [6.07, 6.45) is 2.87. The lowest BCUT2D eigenvalue weighted by Crippen LogP contribution is -2.32. The maximum Gasteiger partial charge on any atom is 0.268 e. The van der Waals surface area contributed by atoms with Gasteiger partial charge in [0.1, 0.15) is 17.7 Å². The number of anilines is 1. The minimum Gasteiger partial charge on any atom is -0.479 e. The zero-order chi connectivity index (χ0) is 20.7. The Kier molecular flexibility index (Phi) is 4.86. The van der Waals surface area contributed by atoms with Crippen LogP contribution in [-0.2, 0) is 16.0 Å². The van der Waals surface area contributed by atoms with Crippen LogP contribution in [0.25, 0.3) is 0 Å². The molecule has 0 spiro atoms. The predicted molar refractivity (Wildman–Crippen MR) is 105 cm³/mol. The maximum absolute atomic E-state index is 14.4.